The second-order valence-electron chi connectivity index (χ2n) is 6.93. The molecule has 1 N–H and O–H groups in total. The Hall–Kier alpha value is -2.45. The van der Waals surface area contributed by atoms with Gasteiger partial charge in [-0.3, -0.25) is 4.79 Å². The first-order valence-corrected chi connectivity index (χ1v) is 10.9. The summed E-state index contributed by atoms with van der Waals surface area (Å²) >= 11 is 0. The molecule has 8 heteroatoms. The van der Waals surface area contributed by atoms with Crippen molar-refractivity contribution in [1.82, 2.24) is 9.62 Å². The highest BCUT2D eigenvalue weighted by Gasteiger charge is 2.26. The number of benzene rings is 2. The Morgan fingerprint density at radius 2 is 1.83 bits per heavy atom. The molecule has 0 aromatic heterocycles. The van der Waals surface area contributed by atoms with E-state index in [0.717, 1.165) is 9.87 Å². The van der Waals surface area contributed by atoms with E-state index in [0.29, 0.717) is 11.3 Å². The number of hydrogen-bond donors (Lipinski definition) is 1. The predicted molar refractivity (Wildman–Crippen MR) is 110 cm³/mol. The molecule has 6 nitrogen and oxygen atoms in total. The number of rotatable bonds is 9. The Balaban J connectivity index is 2.07. The molecular weight excluding hydrogens is 395 g/mol. The molecule has 0 atom stereocenters. The Bertz CT molecular complexity index is 944. The number of carbonyl (C=O) groups is 1. The molecule has 0 aliphatic carbocycles. The maximum absolute atomic E-state index is 13.0. The topological polar surface area (TPSA) is 75.7 Å². The summed E-state index contributed by atoms with van der Waals surface area (Å²) in [5.41, 5.74) is 1.43. The van der Waals surface area contributed by atoms with Crippen molar-refractivity contribution in [1.29, 1.82) is 0 Å². The van der Waals surface area contributed by atoms with Gasteiger partial charge in [-0.1, -0.05) is 19.1 Å². The first-order chi connectivity index (χ1) is 13.6. The number of amides is 1. The Labute approximate surface area is 171 Å². The first kappa shape index (κ1) is 22.8. The zero-order valence-corrected chi connectivity index (χ0v) is 17.9. The third-order valence-electron chi connectivity index (χ3n) is 4.22. The lowest BCUT2D eigenvalue weighted by Gasteiger charge is -2.21. The summed E-state index contributed by atoms with van der Waals surface area (Å²) in [6, 6.07) is 10.4. The SMILES string of the molecule is CCN(CC(=O)NCc1ccc(F)cc1)S(=O)(=O)c1ccc(OC(C)C)c(C)c1. The van der Waals surface area contributed by atoms with Gasteiger partial charge in [-0.15, -0.1) is 0 Å². The van der Waals surface area contributed by atoms with Gasteiger partial charge in [0.25, 0.3) is 0 Å². The maximum Gasteiger partial charge on any atom is 0.243 e. The number of aryl methyl sites for hydroxylation is 1. The van der Waals surface area contributed by atoms with Crippen LogP contribution in [0.5, 0.6) is 5.75 Å². The van der Waals surface area contributed by atoms with Crippen molar-refractivity contribution in [3.63, 3.8) is 0 Å². The van der Waals surface area contributed by atoms with Crippen molar-refractivity contribution < 1.29 is 22.3 Å². The molecule has 0 aliphatic rings. The van der Waals surface area contributed by atoms with E-state index in [4.69, 9.17) is 4.74 Å². The van der Waals surface area contributed by atoms with E-state index in [-0.39, 0.29) is 36.5 Å². The minimum absolute atomic E-state index is 0.0203. The van der Waals surface area contributed by atoms with Crippen LogP contribution < -0.4 is 10.1 Å². The van der Waals surface area contributed by atoms with Crippen LogP contribution in [0.25, 0.3) is 0 Å². The predicted octanol–water partition coefficient (Wildman–Crippen LogP) is 3.25. The highest BCUT2D eigenvalue weighted by atomic mass is 32.2. The second-order valence-corrected chi connectivity index (χ2v) is 8.87. The third kappa shape index (κ3) is 6.27. The largest absolute Gasteiger partial charge is 0.491 e. The second kappa shape index (κ2) is 9.84. The normalized spacial score (nSPS) is 11.7. The van der Waals surface area contributed by atoms with Crippen molar-refractivity contribution in [2.75, 3.05) is 13.1 Å². The van der Waals surface area contributed by atoms with Crippen molar-refractivity contribution in [2.45, 2.75) is 45.2 Å². The van der Waals surface area contributed by atoms with Crippen molar-refractivity contribution in [3.8, 4) is 5.75 Å². The fourth-order valence-electron chi connectivity index (χ4n) is 2.70. The Kier molecular flexibility index (Phi) is 7.75. The number of hydrogen-bond acceptors (Lipinski definition) is 4. The van der Waals surface area contributed by atoms with Crippen LogP contribution in [-0.4, -0.2) is 37.8 Å². The van der Waals surface area contributed by atoms with Gasteiger partial charge in [-0.2, -0.15) is 4.31 Å². The van der Waals surface area contributed by atoms with Gasteiger partial charge in [-0.05, 0) is 62.2 Å². The molecule has 1 amide bonds. The molecule has 0 unspecified atom stereocenters. The minimum Gasteiger partial charge on any atom is -0.491 e. The van der Waals surface area contributed by atoms with E-state index in [1.807, 2.05) is 13.8 Å². The molecule has 2 aromatic carbocycles. The summed E-state index contributed by atoms with van der Waals surface area (Å²) in [4.78, 5) is 12.4. The summed E-state index contributed by atoms with van der Waals surface area (Å²) in [6.07, 6.45) is -0.0203. The zero-order valence-electron chi connectivity index (χ0n) is 17.1. The van der Waals surface area contributed by atoms with Gasteiger partial charge in [0.05, 0.1) is 17.5 Å². The Morgan fingerprint density at radius 3 is 2.38 bits per heavy atom. The number of nitrogens with one attached hydrogen (secondary N) is 1. The highest BCUT2D eigenvalue weighted by Crippen LogP contribution is 2.24. The molecule has 0 aliphatic heterocycles. The van der Waals surface area contributed by atoms with Gasteiger partial charge in [-0.25, -0.2) is 12.8 Å². The number of nitrogens with zero attached hydrogens (tertiary/aromatic N) is 1. The summed E-state index contributed by atoms with van der Waals surface area (Å²) in [7, 11) is -3.84. The fraction of sp³-hybridized carbons (Fsp3) is 0.381. The van der Waals surface area contributed by atoms with E-state index < -0.39 is 15.9 Å². The van der Waals surface area contributed by atoms with Crippen LogP contribution in [0.2, 0.25) is 0 Å². The quantitative estimate of drug-likeness (QED) is 0.673. The lowest BCUT2D eigenvalue weighted by molar-refractivity contribution is -0.121. The minimum atomic E-state index is -3.84. The number of halogens is 1. The number of likely N-dealkylation sites (N-methyl/N-ethyl adjacent to an activating group) is 1. The number of carbonyl (C=O) groups excluding carboxylic acids is 1. The zero-order chi connectivity index (χ0) is 21.6. The van der Waals surface area contributed by atoms with Gasteiger partial charge in [0, 0.05) is 13.1 Å². The standard InChI is InChI=1S/C21H27FN2O4S/c1-5-24(14-21(25)23-13-17-6-8-18(22)9-7-17)29(26,27)19-10-11-20(16(4)12-19)28-15(2)3/h6-12,15H,5,13-14H2,1-4H3,(H,23,25). The smallest absolute Gasteiger partial charge is 0.243 e. The number of ether oxygens (including phenoxy) is 1. The summed E-state index contributed by atoms with van der Waals surface area (Å²) in [6.45, 7) is 7.28. The molecule has 0 heterocycles. The van der Waals surface area contributed by atoms with Gasteiger partial charge < -0.3 is 10.1 Å². The molecule has 29 heavy (non-hydrogen) atoms. The average molecular weight is 423 g/mol. The van der Waals surface area contributed by atoms with Gasteiger partial charge >= 0.3 is 0 Å². The van der Waals surface area contributed by atoms with Crippen LogP contribution in [0.3, 0.4) is 0 Å². The summed E-state index contributed by atoms with van der Waals surface area (Å²) in [5.74, 6) is -0.168. The van der Waals surface area contributed by atoms with E-state index in [1.54, 1.807) is 38.1 Å². The van der Waals surface area contributed by atoms with Crippen molar-refractivity contribution in [2.24, 2.45) is 0 Å². The van der Waals surface area contributed by atoms with Crippen LogP contribution in [0.1, 0.15) is 31.9 Å². The highest BCUT2D eigenvalue weighted by molar-refractivity contribution is 7.89. The van der Waals surface area contributed by atoms with Gasteiger partial charge in [0.1, 0.15) is 11.6 Å². The summed E-state index contributed by atoms with van der Waals surface area (Å²) < 4.78 is 45.6. The van der Waals surface area contributed by atoms with Crippen LogP contribution in [0.4, 0.5) is 4.39 Å². The molecule has 0 radical (unpaired) electrons. The van der Waals surface area contributed by atoms with E-state index in [9.17, 15) is 17.6 Å². The maximum atomic E-state index is 13.0. The van der Waals surface area contributed by atoms with Crippen molar-refractivity contribution >= 4 is 15.9 Å². The molecule has 0 saturated heterocycles. The molecular formula is C21H27FN2O4S. The van der Waals surface area contributed by atoms with Crippen LogP contribution in [-0.2, 0) is 21.4 Å². The lowest BCUT2D eigenvalue weighted by atomic mass is 10.2. The number of sulfonamides is 1. The fourth-order valence-corrected chi connectivity index (χ4v) is 4.19. The van der Waals surface area contributed by atoms with E-state index in [2.05, 4.69) is 5.32 Å². The molecule has 2 aromatic rings. The Morgan fingerprint density at radius 1 is 1.17 bits per heavy atom. The lowest BCUT2D eigenvalue weighted by Crippen LogP contribution is -2.40. The monoisotopic (exact) mass is 422 g/mol. The van der Waals surface area contributed by atoms with Crippen LogP contribution in [0, 0.1) is 12.7 Å². The summed E-state index contributed by atoms with van der Waals surface area (Å²) in [5, 5.41) is 2.66. The van der Waals surface area contributed by atoms with Crippen molar-refractivity contribution in [3.05, 3.63) is 59.4 Å². The van der Waals surface area contributed by atoms with Gasteiger partial charge in [0.2, 0.25) is 15.9 Å². The average Bonchev–Trinajstić information content (AvgIpc) is 2.66. The van der Waals surface area contributed by atoms with Gasteiger partial charge in [0.15, 0.2) is 0 Å². The van der Waals surface area contributed by atoms with Crippen LogP contribution >= 0.6 is 0 Å². The molecule has 158 valence electrons. The molecule has 2 rings (SSSR count). The molecule has 0 saturated carbocycles. The van der Waals surface area contributed by atoms with Crippen LogP contribution in [0.15, 0.2) is 47.4 Å². The van der Waals surface area contributed by atoms with E-state index in [1.165, 1.54) is 18.2 Å². The first-order valence-electron chi connectivity index (χ1n) is 9.42. The molecule has 0 spiro atoms. The van der Waals surface area contributed by atoms with E-state index >= 15 is 0 Å². The molecule has 0 bridgehead atoms. The third-order valence-corrected chi connectivity index (χ3v) is 6.14. The molecule has 0 fully saturated rings.